The van der Waals surface area contributed by atoms with Crippen molar-refractivity contribution in [1.29, 1.82) is 0 Å². The van der Waals surface area contributed by atoms with Crippen LogP contribution in [0.4, 0.5) is 0 Å². The van der Waals surface area contributed by atoms with E-state index >= 15 is 0 Å². The first-order valence-electron chi connectivity index (χ1n) is 18.5. The quantitative estimate of drug-likeness (QED) is 0.148. The second-order valence-corrected chi connectivity index (χ2v) is 13.5. The van der Waals surface area contributed by atoms with Gasteiger partial charge in [0.05, 0.1) is 6.42 Å². The average molecular weight is 715 g/mol. The Morgan fingerprint density at radius 1 is 0.327 bits per heavy atom. The molecular formula is C52H42O3. The van der Waals surface area contributed by atoms with Crippen molar-refractivity contribution in [2.75, 3.05) is 0 Å². The van der Waals surface area contributed by atoms with E-state index in [4.69, 9.17) is 0 Å². The fourth-order valence-corrected chi connectivity index (χ4v) is 6.85. The largest absolute Gasteiger partial charge is 0.481 e. The van der Waals surface area contributed by atoms with Crippen molar-refractivity contribution in [3.8, 4) is 44.5 Å². The van der Waals surface area contributed by atoms with E-state index in [1.54, 1.807) is 0 Å². The van der Waals surface area contributed by atoms with Gasteiger partial charge in [-0.25, -0.2) is 0 Å². The number of carboxylic acid groups (broad SMARTS) is 1. The molecule has 0 aliphatic heterocycles. The van der Waals surface area contributed by atoms with Crippen molar-refractivity contribution in [2.45, 2.75) is 18.4 Å². The zero-order chi connectivity index (χ0) is 37.8. The first-order chi connectivity index (χ1) is 27.0. The van der Waals surface area contributed by atoms with Crippen molar-refractivity contribution in [3.05, 3.63) is 241 Å². The van der Waals surface area contributed by atoms with Gasteiger partial charge in [0.25, 0.3) is 0 Å². The molecule has 0 spiro atoms. The van der Waals surface area contributed by atoms with E-state index in [0.717, 1.165) is 55.6 Å². The molecule has 8 aromatic rings. The Morgan fingerprint density at radius 3 is 0.782 bits per heavy atom. The van der Waals surface area contributed by atoms with Crippen LogP contribution >= 0.6 is 0 Å². The van der Waals surface area contributed by atoms with E-state index in [1.165, 1.54) is 11.1 Å². The Morgan fingerprint density at radius 2 is 0.545 bits per heavy atom. The highest BCUT2D eigenvalue weighted by Crippen LogP contribution is 2.32. The van der Waals surface area contributed by atoms with Crippen LogP contribution in [0.2, 0.25) is 0 Å². The molecule has 0 heterocycles. The van der Waals surface area contributed by atoms with Gasteiger partial charge in [-0.15, -0.1) is 0 Å². The molecule has 0 aliphatic rings. The van der Waals surface area contributed by atoms with Gasteiger partial charge in [0.2, 0.25) is 0 Å². The summed E-state index contributed by atoms with van der Waals surface area (Å²) >= 11 is 0. The standard InChI is InChI=1S/C27H22O2.C25H20O/c28-27(29)19-26(24-15-11-22(12-16-24)20-7-3-1-4-8-20)25-17-13-23(14-18-25)21-9-5-2-6-10-21;26-25(23-15-11-21(12-16-23)19-7-3-1-4-8-19)24-17-13-22(14-18-24)20-9-5-2-6-10-20/h1-18,26H,19H2,(H,28,29);1-18,25-26H. The summed E-state index contributed by atoms with van der Waals surface area (Å²) in [5.41, 5.74) is 13.1. The highest BCUT2D eigenvalue weighted by molar-refractivity contribution is 5.71. The Bertz CT molecular complexity index is 2210. The molecule has 3 heteroatoms. The molecule has 268 valence electrons. The summed E-state index contributed by atoms with van der Waals surface area (Å²) in [6.07, 6.45) is -0.556. The lowest BCUT2D eigenvalue weighted by Gasteiger charge is -2.17. The van der Waals surface area contributed by atoms with Crippen LogP contribution in [0.5, 0.6) is 0 Å². The molecule has 0 aromatic heterocycles. The normalized spacial score (nSPS) is 10.8. The third-order valence-electron chi connectivity index (χ3n) is 9.89. The number of aliphatic hydroxyl groups excluding tert-OH is 1. The summed E-state index contributed by atoms with van der Waals surface area (Å²) in [5.74, 6) is -0.976. The van der Waals surface area contributed by atoms with Crippen LogP contribution < -0.4 is 0 Å². The fourth-order valence-electron chi connectivity index (χ4n) is 6.85. The van der Waals surface area contributed by atoms with E-state index in [0.29, 0.717) is 0 Å². The highest BCUT2D eigenvalue weighted by atomic mass is 16.4. The Balaban J connectivity index is 0.000000170. The van der Waals surface area contributed by atoms with Gasteiger partial charge >= 0.3 is 5.97 Å². The minimum atomic E-state index is -0.797. The van der Waals surface area contributed by atoms with E-state index in [1.807, 2.05) is 121 Å². The molecule has 0 unspecified atom stereocenters. The molecule has 0 bridgehead atoms. The molecule has 55 heavy (non-hydrogen) atoms. The van der Waals surface area contributed by atoms with Gasteiger partial charge in [0.15, 0.2) is 0 Å². The molecule has 0 fully saturated rings. The number of carbonyl (C=O) groups is 1. The van der Waals surface area contributed by atoms with Gasteiger partial charge in [-0.05, 0) is 66.8 Å². The monoisotopic (exact) mass is 714 g/mol. The number of rotatable bonds is 10. The summed E-state index contributed by atoms with van der Waals surface area (Å²) in [7, 11) is 0. The number of aliphatic hydroxyl groups is 1. The van der Waals surface area contributed by atoms with Crippen LogP contribution in [-0.4, -0.2) is 16.2 Å². The lowest BCUT2D eigenvalue weighted by molar-refractivity contribution is -0.137. The van der Waals surface area contributed by atoms with Crippen molar-refractivity contribution in [1.82, 2.24) is 0 Å². The zero-order valence-corrected chi connectivity index (χ0v) is 30.4. The molecule has 0 atom stereocenters. The van der Waals surface area contributed by atoms with Crippen molar-refractivity contribution >= 4 is 5.97 Å². The SMILES string of the molecule is O=C(O)CC(c1ccc(-c2ccccc2)cc1)c1ccc(-c2ccccc2)cc1.OC(c1ccc(-c2ccccc2)cc1)c1ccc(-c2ccccc2)cc1. The average Bonchev–Trinajstić information content (AvgIpc) is 3.27. The first-order valence-corrected chi connectivity index (χ1v) is 18.5. The molecule has 2 N–H and O–H groups in total. The Hall–Kier alpha value is -6.81. The molecule has 0 amide bonds. The smallest absolute Gasteiger partial charge is 0.304 e. The molecule has 0 saturated carbocycles. The maximum atomic E-state index is 11.5. The second kappa shape index (κ2) is 17.8. The molecular weight excluding hydrogens is 673 g/mol. The lowest BCUT2D eigenvalue weighted by atomic mass is 9.87. The number of carboxylic acids is 1. The molecule has 3 nitrogen and oxygen atoms in total. The van der Waals surface area contributed by atoms with Gasteiger partial charge in [-0.3, -0.25) is 4.79 Å². The molecule has 0 radical (unpaired) electrons. The van der Waals surface area contributed by atoms with E-state index in [-0.39, 0.29) is 12.3 Å². The number of aliphatic carboxylic acids is 1. The lowest BCUT2D eigenvalue weighted by Crippen LogP contribution is -2.08. The third-order valence-corrected chi connectivity index (χ3v) is 9.89. The minimum absolute atomic E-state index is 0.0648. The van der Waals surface area contributed by atoms with Crippen LogP contribution in [0, 0.1) is 0 Å². The summed E-state index contributed by atoms with van der Waals surface area (Å²) in [4.78, 5) is 11.5. The number of hydrogen-bond donors (Lipinski definition) is 2. The summed E-state index contributed by atoms with van der Waals surface area (Å²) < 4.78 is 0. The summed E-state index contributed by atoms with van der Waals surface area (Å²) in [5, 5.41) is 20.2. The predicted molar refractivity (Wildman–Crippen MR) is 226 cm³/mol. The number of benzene rings is 8. The van der Waals surface area contributed by atoms with Gasteiger partial charge in [0.1, 0.15) is 6.10 Å². The maximum Gasteiger partial charge on any atom is 0.304 e. The van der Waals surface area contributed by atoms with E-state index < -0.39 is 12.1 Å². The van der Waals surface area contributed by atoms with Gasteiger partial charge < -0.3 is 10.2 Å². The Kier molecular flexibility index (Phi) is 11.8. The second-order valence-electron chi connectivity index (χ2n) is 13.5. The minimum Gasteiger partial charge on any atom is -0.481 e. The molecule has 0 aliphatic carbocycles. The van der Waals surface area contributed by atoms with Crippen LogP contribution in [-0.2, 0) is 4.79 Å². The van der Waals surface area contributed by atoms with Crippen LogP contribution in [0.3, 0.4) is 0 Å². The first kappa shape index (κ1) is 36.5. The van der Waals surface area contributed by atoms with Crippen LogP contribution in [0.25, 0.3) is 44.5 Å². The molecule has 0 saturated heterocycles. The topological polar surface area (TPSA) is 57.5 Å². The fraction of sp³-hybridized carbons (Fsp3) is 0.0577. The highest BCUT2D eigenvalue weighted by Gasteiger charge is 2.18. The van der Waals surface area contributed by atoms with E-state index in [9.17, 15) is 15.0 Å². The molecule has 8 rings (SSSR count). The maximum absolute atomic E-state index is 11.5. The van der Waals surface area contributed by atoms with Gasteiger partial charge in [0, 0.05) is 5.92 Å². The third kappa shape index (κ3) is 9.41. The number of hydrogen-bond acceptors (Lipinski definition) is 2. The molecule has 8 aromatic carbocycles. The summed E-state index contributed by atoms with van der Waals surface area (Å²) in [6.45, 7) is 0. The Labute approximate surface area is 323 Å². The predicted octanol–water partition coefficient (Wildman–Crippen LogP) is 12.7. The van der Waals surface area contributed by atoms with Crippen molar-refractivity contribution < 1.29 is 15.0 Å². The van der Waals surface area contributed by atoms with Gasteiger partial charge in [-0.1, -0.05) is 218 Å². The van der Waals surface area contributed by atoms with Crippen LogP contribution in [0.1, 0.15) is 40.7 Å². The van der Waals surface area contributed by atoms with E-state index in [2.05, 4.69) is 97.1 Å². The van der Waals surface area contributed by atoms with Crippen molar-refractivity contribution in [2.24, 2.45) is 0 Å². The van der Waals surface area contributed by atoms with Crippen LogP contribution in [0.15, 0.2) is 218 Å². The zero-order valence-electron chi connectivity index (χ0n) is 30.4. The van der Waals surface area contributed by atoms with Gasteiger partial charge in [-0.2, -0.15) is 0 Å². The van der Waals surface area contributed by atoms with Crippen molar-refractivity contribution in [3.63, 3.8) is 0 Å². The summed E-state index contributed by atoms with van der Waals surface area (Å²) in [6, 6.07) is 73.6.